The van der Waals surface area contributed by atoms with E-state index in [4.69, 9.17) is 5.41 Å². The van der Waals surface area contributed by atoms with Gasteiger partial charge in [-0.3, -0.25) is 25.6 Å². The van der Waals surface area contributed by atoms with Crippen LogP contribution in [0.4, 0.5) is 0 Å². The van der Waals surface area contributed by atoms with Crippen LogP contribution in [0, 0.1) is 17.2 Å². The number of guanidine groups is 1. The molecule has 5 nitrogen and oxygen atoms in total. The number of allylic oxidation sites excluding steroid dienone is 4. The molecule has 2 atom stereocenters. The normalized spacial score (nSPS) is 14.5. The van der Waals surface area contributed by atoms with Gasteiger partial charge in [0.05, 0.1) is 0 Å². The molecular weight excluding hydrogens is 326 g/mol. The van der Waals surface area contributed by atoms with E-state index in [-0.39, 0.29) is 29.6 Å². The fraction of sp³-hybridized carbons (Fsp3) is 0.667. The Labute approximate surface area is 159 Å². The predicted molar refractivity (Wildman–Crippen MR) is 109 cm³/mol. The molecule has 26 heavy (non-hydrogen) atoms. The van der Waals surface area contributed by atoms with Crippen molar-refractivity contribution >= 4 is 17.8 Å². The van der Waals surface area contributed by atoms with Crippen molar-refractivity contribution in [2.45, 2.75) is 80.1 Å². The molecule has 0 aliphatic heterocycles. The minimum Gasteiger partial charge on any atom is -0.296 e. The van der Waals surface area contributed by atoms with Gasteiger partial charge in [0.1, 0.15) is 0 Å². The lowest BCUT2D eigenvalue weighted by Gasteiger charge is -2.19. The number of rotatable bonds is 10. The van der Waals surface area contributed by atoms with E-state index < -0.39 is 0 Å². The van der Waals surface area contributed by atoms with Gasteiger partial charge in [0.25, 0.3) is 0 Å². The summed E-state index contributed by atoms with van der Waals surface area (Å²) in [5.74, 6) is -1.01. The monoisotopic (exact) mass is 363 g/mol. The zero-order valence-electron chi connectivity index (χ0n) is 17.4. The van der Waals surface area contributed by atoms with Gasteiger partial charge < -0.3 is 0 Å². The first kappa shape index (κ1) is 24.1. The Balaban J connectivity index is 4.74. The molecule has 0 spiro atoms. The van der Waals surface area contributed by atoms with E-state index in [1.807, 2.05) is 39.8 Å². The van der Waals surface area contributed by atoms with Crippen LogP contribution in [0.25, 0.3) is 0 Å². The van der Waals surface area contributed by atoms with E-state index in [2.05, 4.69) is 24.5 Å². The first-order valence-electron chi connectivity index (χ1n) is 9.84. The number of carbonyl (C=O) groups is 2. The predicted octanol–water partition coefficient (Wildman–Crippen LogP) is 4.70. The quantitative estimate of drug-likeness (QED) is 0.299. The van der Waals surface area contributed by atoms with Gasteiger partial charge in [-0.15, -0.1) is 0 Å². The number of carbonyl (C=O) groups excluding carboxylic acids is 2. The molecule has 0 rings (SSSR count). The summed E-state index contributed by atoms with van der Waals surface area (Å²) in [4.78, 5) is 24.8. The standard InChI is InChI=1S/C21H37N3O2/c1-7-15(8-2)13-17(11-5)19(25)23-21(22)24-20(26)18(12-6)14-16(9-3)10-4/h7,9,17-18H,8,10-14H2,1-6H3,(H3,22,23,24,25,26)/b15-7-,16-9+/t17-,18+/m1/s1. The van der Waals surface area contributed by atoms with Crippen molar-refractivity contribution in [2.24, 2.45) is 11.8 Å². The largest absolute Gasteiger partial charge is 0.296 e. The van der Waals surface area contributed by atoms with Gasteiger partial charge in [0.2, 0.25) is 17.8 Å². The molecule has 0 heterocycles. The molecule has 0 radical (unpaired) electrons. The minimum absolute atomic E-state index is 0.185. The van der Waals surface area contributed by atoms with Crippen LogP contribution in [0.15, 0.2) is 23.3 Å². The van der Waals surface area contributed by atoms with E-state index in [0.717, 1.165) is 12.8 Å². The van der Waals surface area contributed by atoms with Crippen molar-refractivity contribution in [3.05, 3.63) is 23.3 Å². The molecule has 0 saturated carbocycles. The fourth-order valence-electron chi connectivity index (χ4n) is 2.89. The second-order valence-corrected chi connectivity index (χ2v) is 6.57. The Morgan fingerprint density at radius 1 is 0.808 bits per heavy atom. The van der Waals surface area contributed by atoms with Crippen LogP contribution in [-0.2, 0) is 9.59 Å². The maximum atomic E-state index is 12.4. The highest BCUT2D eigenvalue weighted by atomic mass is 16.2. The number of hydrogen-bond donors (Lipinski definition) is 3. The molecule has 5 heteroatoms. The molecule has 2 amide bonds. The molecule has 0 saturated heterocycles. The van der Waals surface area contributed by atoms with Crippen LogP contribution in [0.5, 0.6) is 0 Å². The van der Waals surface area contributed by atoms with Gasteiger partial charge in [-0.2, -0.15) is 0 Å². The highest BCUT2D eigenvalue weighted by molar-refractivity contribution is 6.04. The Bertz CT molecular complexity index is 489. The van der Waals surface area contributed by atoms with Gasteiger partial charge in [-0.1, -0.05) is 51.0 Å². The van der Waals surface area contributed by atoms with Crippen LogP contribution < -0.4 is 10.6 Å². The molecule has 148 valence electrons. The van der Waals surface area contributed by atoms with Crippen molar-refractivity contribution in [1.29, 1.82) is 5.41 Å². The summed E-state index contributed by atoms with van der Waals surface area (Å²) >= 11 is 0. The van der Waals surface area contributed by atoms with Crippen LogP contribution in [0.1, 0.15) is 80.1 Å². The third-order valence-electron chi connectivity index (χ3n) is 4.97. The van der Waals surface area contributed by atoms with Gasteiger partial charge in [0, 0.05) is 11.8 Å². The summed E-state index contributed by atoms with van der Waals surface area (Å²) in [7, 11) is 0. The zero-order chi connectivity index (χ0) is 20.1. The van der Waals surface area contributed by atoms with E-state index in [9.17, 15) is 9.59 Å². The van der Waals surface area contributed by atoms with Gasteiger partial charge in [-0.05, 0) is 52.4 Å². The minimum atomic E-state index is -0.228. The summed E-state index contributed by atoms with van der Waals surface area (Å²) < 4.78 is 0. The van der Waals surface area contributed by atoms with Crippen LogP contribution in [-0.4, -0.2) is 17.8 Å². The molecule has 0 fully saturated rings. The van der Waals surface area contributed by atoms with Crippen molar-refractivity contribution in [1.82, 2.24) is 10.6 Å². The van der Waals surface area contributed by atoms with E-state index in [1.165, 1.54) is 11.1 Å². The highest BCUT2D eigenvalue weighted by Crippen LogP contribution is 2.19. The fourth-order valence-corrected chi connectivity index (χ4v) is 2.89. The van der Waals surface area contributed by atoms with Crippen molar-refractivity contribution in [3.8, 4) is 0 Å². The van der Waals surface area contributed by atoms with Crippen molar-refractivity contribution in [3.63, 3.8) is 0 Å². The SMILES string of the molecule is C/C=C(/CC)C[C@@H](CC)C(=O)NC(=N)NC(=O)[C@@H](CC)C/C(=C/C)CC. The zero-order valence-corrected chi connectivity index (χ0v) is 17.4. The Morgan fingerprint density at radius 3 is 1.38 bits per heavy atom. The lowest BCUT2D eigenvalue weighted by molar-refractivity contribution is -0.124. The summed E-state index contributed by atoms with van der Waals surface area (Å²) in [6.45, 7) is 12.0. The van der Waals surface area contributed by atoms with Crippen molar-refractivity contribution in [2.75, 3.05) is 0 Å². The van der Waals surface area contributed by atoms with E-state index in [1.54, 1.807) is 0 Å². The molecule has 0 aliphatic carbocycles. The topological polar surface area (TPSA) is 82.1 Å². The van der Waals surface area contributed by atoms with Crippen molar-refractivity contribution < 1.29 is 9.59 Å². The number of hydrogen-bond acceptors (Lipinski definition) is 3. The lowest BCUT2D eigenvalue weighted by Crippen LogP contribution is -2.47. The maximum Gasteiger partial charge on any atom is 0.230 e. The smallest absolute Gasteiger partial charge is 0.230 e. The average molecular weight is 364 g/mol. The second kappa shape index (κ2) is 13.3. The molecular formula is C21H37N3O2. The van der Waals surface area contributed by atoms with Crippen LogP contribution >= 0.6 is 0 Å². The van der Waals surface area contributed by atoms with E-state index in [0.29, 0.717) is 25.7 Å². The van der Waals surface area contributed by atoms with Gasteiger partial charge >= 0.3 is 0 Å². The molecule has 0 aliphatic rings. The first-order chi connectivity index (χ1) is 12.4. The molecule has 3 N–H and O–H groups in total. The third-order valence-corrected chi connectivity index (χ3v) is 4.97. The van der Waals surface area contributed by atoms with Gasteiger partial charge in [-0.25, -0.2) is 0 Å². The summed E-state index contributed by atoms with van der Waals surface area (Å²) in [6.07, 6.45) is 8.69. The second-order valence-electron chi connectivity index (χ2n) is 6.57. The van der Waals surface area contributed by atoms with Crippen LogP contribution in [0.2, 0.25) is 0 Å². The lowest BCUT2D eigenvalue weighted by atomic mass is 9.94. The van der Waals surface area contributed by atoms with E-state index >= 15 is 0 Å². The summed E-state index contributed by atoms with van der Waals surface area (Å²) in [5.41, 5.74) is 2.46. The Morgan fingerprint density at radius 2 is 1.15 bits per heavy atom. The molecule has 0 aromatic rings. The Hall–Kier alpha value is -1.91. The molecule has 0 aromatic carbocycles. The maximum absolute atomic E-state index is 12.4. The number of nitrogens with one attached hydrogen (secondary N) is 3. The molecule has 0 unspecified atom stereocenters. The Kier molecular flexibility index (Phi) is 12.3. The van der Waals surface area contributed by atoms with Gasteiger partial charge in [0.15, 0.2) is 0 Å². The summed E-state index contributed by atoms with van der Waals surface area (Å²) in [6, 6.07) is 0. The molecule has 0 aromatic heterocycles. The average Bonchev–Trinajstić information content (AvgIpc) is 2.63. The first-order valence-corrected chi connectivity index (χ1v) is 9.84. The van der Waals surface area contributed by atoms with Crippen LogP contribution in [0.3, 0.4) is 0 Å². The number of amides is 2. The third kappa shape index (κ3) is 8.45. The molecule has 0 bridgehead atoms. The highest BCUT2D eigenvalue weighted by Gasteiger charge is 2.22. The summed E-state index contributed by atoms with van der Waals surface area (Å²) in [5, 5.41) is 13.0.